The average molecular weight is 631 g/mol. The van der Waals surface area contributed by atoms with Crippen molar-refractivity contribution in [2.75, 3.05) is 18.5 Å². The van der Waals surface area contributed by atoms with E-state index in [1.54, 1.807) is 42.9 Å². The van der Waals surface area contributed by atoms with Gasteiger partial charge in [-0.2, -0.15) is 13.2 Å². The number of pyridine rings is 3. The molecule has 1 aliphatic rings. The molecule has 0 radical (unpaired) electrons. The molecule has 46 heavy (non-hydrogen) atoms. The highest BCUT2D eigenvalue weighted by Gasteiger charge is 2.47. The molecule has 3 aromatic heterocycles. The van der Waals surface area contributed by atoms with E-state index < -0.39 is 47.4 Å². The van der Waals surface area contributed by atoms with E-state index in [1.165, 1.54) is 31.2 Å². The maximum atomic E-state index is 14.7. The number of fused-ring (bicyclic) bond motifs is 2. The summed E-state index contributed by atoms with van der Waals surface area (Å²) in [4.78, 5) is 38.5. The highest BCUT2D eigenvalue weighted by Crippen LogP contribution is 2.46. The number of anilines is 2. The van der Waals surface area contributed by atoms with Gasteiger partial charge in [0.05, 0.1) is 16.9 Å². The van der Waals surface area contributed by atoms with Crippen molar-refractivity contribution in [1.29, 1.82) is 0 Å². The van der Waals surface area contributed by atoms with Crippen molar-refractivity contribution in [3.63, 3.8) is 0 Å². The van der Waals surface area contributed by atoms with Crippen LogP contribution in [0.4, 0.5) is 28.9 Å². The smallest absolute Gasteiger partial charge is 0.398 e. The predicted molar refractivity (Wildman–Crippen MR) is 162 cm³/mol. The van der Waals surface area contributed by atoms with Crippen LogP contribution in [-0.4, -0.2) is 46.1 Å². The first kappa shape index (κ1) is 30.4. The Labute approximate surface area is 259 Å². The number of halogens is 4. The second-order valence-corrected chi connectivity index (χ2v) is 11.0. The van der Waals surface area contributed by atoms with Gasteiger partial charge < -0.3 is 21.1 Å². The van der Waals surface area contributed by atoms with Crippen LogP contribution in [0.25, 0.3) is 22.2 Å². The van der Waals surface area contributed by atoms with Crippen molar-refractivity contribution in [3.8, 4) is 17.0 Å². The Hall–Kier alpha value is -5.59. The fraction of sp³-hybridized carbons (Fsp3) is 0.182. The number of nitrogens with zero attached hydrogens (tertiary/aromatic N) is 3. The molecule has 0 spiro atoms. The Morgan fingerprint density at radius 3 is 2.48 bits per heavy atom. The summed E-state index contributed by atoms with van der Waals surface area (Å²) in [5.41, 5.74) is 5.92. The lowest BCUT2D eigenvalue weighted by Gasteiger charge is -2.24. The first-order chi connectivity index (χ1) is 21.9. The summed E-state index contributed by atoms with van der Waals surface area (Å²) in [5.74, 6) is -4.31. The molecule has 0 saturated carbocycles. The third-order valence-corrected chi connectivity index (χ3v) is 7.90. The zero-order chi connectivity index (χ0) is 32.6. The number of nitrogens with two attached hydrogens (primary N) is 1. The molecule has 1 aliphatic heterocycles. The van der Waals surface area contributed by atoms with Crippen LogP contribution < -0.4 is 21.1 Å². The van der Waals surface area contributed by atoms with Crippen molar-refractivity contribution in [3.05, 3.63) is 108 Å². The molecule has 2 amide bonds. The number of hydrogen-bond donors (Lipinski definition) is 3. The van der Waals surface area contributed by atoms with E-state index >= 15 is 0 Å². The van der Waals surface area contributed by atoms with Gasteiger partial charge in [0.2, 0.25) is 5.91 Å². The van der Waals surface area contributed by atoms with Crippen molar-refractivity contribution < 1.29 is 31.9 Å². The van der Waals surface area contributed by atoms with Crippen LogP contribution in [0, 0.1) is 5.82 Å². The normalized spacial score (nSPS) is 16.4. The van der Waals surface area contributed by atoms with E-state index in [-0.39, 0.29) is 34.7 Å². The van der Waals surface area contributed by atoms with Crippen molar-refractivity contribution in [2.24, 2.45) is 5.73 Å². The van der Waals surface area contributed by atoms with Crippen LogP contribution >= 0.6 is 0 Å². The molecular weight excluding hydrogens is 604 g/mol. The van der Waals surface area contributed by atoms with Crippen molar-refractivity contribution in [1.82, 2.24) is 20.3 Å². The van der Waals surface area contributed by atoms with E-state index in [0.29, 0.717) is 22.3 Å². The average Bonchev–Trinajstić information content (AvgIpc) is 3.38. The summed E-state index contributed by atoms with van der Waals surface area (Å²) in [7, 11) is 0. The largest absolute Gasteiger partial charge is 0.489 e. The molecule has 4 heterocycles. The predicted octanol–water partition coefficient (Wildman–Crippen LogP) is 5.79. The summed E-state index contributed by atoms with van der Waals surface area (Å²) in [6.07, 6.45) is -0.110. The topological polar surface area (TPSA) is 132 Å². The number of ether oxygens (including phenoxy) is 1. The maximum Gasteiger partial charge on any atom is 0.398 e. The Morgan fingerprint density at radius 2 is 1.78 bits per heavy atom. The number of benzene rings is 2. The van der Waals surface area contributed by atoms with Gasteiger partial charge in [0.15, 0.2) is 0 Å². The molecule has 5 aromatic rings. The summed E-state index contributed by atoms with van der Waals surface area (Å²) in [6.45, 7) is 0.385. The number of carbonyl (C=O) groups excluding carboxylic acids is 2. The minimum atomic E-state index is -4.86. The summed E-state index contributed by atoms with van der Waals surface area (Å²) in [6, 6.07) is 16.0. The Kier molecular flexibility index (Phi) is 7.76. The van der Waals surface area contributed by atoms with Gasteiger partial charge in [0.25, 0.3) is 5.91 Å². The molecule has 6 rings (SSSR count). The van der Waals surface area contributed by atoms with E-state index in [1.807, 2.05) is 0 Å². The van der Waals surface area contributed by atoms with Gasteiger partial charge in [-0.15, -0.1) is 0 Å². The van der Waals surface area contributed by atoms with Crippen LogP contribution in [0.3, 0.4) is 0 Å². The van der Waals surface area contributed by atoms with Crippen molar-refractivity contribution >= 4 is 34.1 Å². The van der Waals surface area contributed by atoms with Gasteiger partial charge in [0.1, 0.15) is 35.2 Å². The van der Waals surface area contributed by atoms with Crippen LogP contribution in [0.2, 0.25) is 0 Å². The maximum absolute atomic E-state index is 14.7. The summed E-state index contributed by atoms with van der Waals surface area (Å²) >= 11 is 0. The molecule has 0 bridgehead atoms. The third-order valence-electron chi connectivity index (χ3n) is 7.90. The highest BCUT2D eigenvalue weighted by atomic mass is 19.4. The van der Waals surface area contributed by atoms with Crippen LogP contribution in [0.1, 0.15) is 34.5 Å². The molecule has 0 aliphatic carbocycles. The van der Waals surface area contributed by atoms with E-state index in [2.05, 4.69) is 25.6 Å². The van der Waals surface area contributed by atoms with Gasteiger partial charge in [-0.3, -0.25) is 19.6 Å². The Balaban J connectivity index is 1.36. The molecule has 2 aromatic carbocycles. The number of carbonyl (C=O) groups is 2. The van der Waals surface area contributed by atoms with Gasteiger partial charge in [0, 0.05) is 52.9 Å². The zero-order valence-electron chi connectivity index (χ0n) is 24.2. The number of hydrogen-bond acceptors (Lipinski definition) is 7. The summed E-state index contributed by atoms with van der Waals surface area (Å²) in [5, 5.41) is 6.18. The number of aromatic nitrogens is 3. The molecule has 0 unspecified atom stereocenters. The zero-order valence-corrected chi connectivity index (χ0v) is 24.2. The first-order valence-electron chi connectivity index (χ1n) is 14.1. The minimum Gasteiger partial charge on any atom is -0.489 e. The molecule has 13 heteroatoms. The van der Waals surface area contributed by atoms with E-state index in [4.69, 9.17) is 10.5 Å². The van der Waals surface area contributed by atoms with E-state index in [0.717, 1.165) is 18.2 Å². The Morgan fingerprint density at radius 1 is 1.04 bits per heavy atom. The quantitative estimate of drug-likeness (QED) is 0.185. The number of rotatable bonds is 8. The summed E-state index contributed by atoms with van der Waals surface area (Å²) < 4.78 is 63.5. The lowest BCUT2D eigenvalue weighted by atomic mass is 9.82. The minimum absolute atomic E-state index is 0.00749. The lowest BCUT2D eigenvalue weighted by molar-refractivity contribution is -0.149. The van der Waals surface area contributed by atoms with E-state index in [9.17, 15) is 27.2 Å². The van der Waals surface area contributed by atoms with Crippen LogP contribution in [0.15, 0.2) is 85.3 Å². The Bertz CT molecular complexity index is 1950. The van der Waals surface area contributed by atoms with Gasteiger partial charge in [-0.25, -0.2) is 9.37 Å². The molecule has 0 fully saturated rings. The standard InChI is InChI=1S/C33H26F4N6O3/c1-32(31(38)45)17-46-29-23(32)15-25(43-28(29)18-4-6-21(34)7-5-18)24(33(35,36)37)16-41-30(44)20-13-19-3-2-10-40-27(19)26(14-20)42-22-8-11-39-12-9-22/h2-15,24H,16-17H2,1H3,(H2,38,45)(H,39,42)(H,41,44)/t24-,32+/m1/s1. The fourth-order valence-electron chi connectivity index (χ4n) is 5.28. The first-order valence-corrected chi connectivity index (χ1v) is 14.1. The number of amides is 2. The number of primary amides is 1. The highest BCUT2D eigenvalue weighted by molar-refractivity contribution is 6.02. The molecular formula is C33H26F4N6O3. The van der Waals surface area contributed by atoms with Crippen LogP contribution in [-0.2, 0) is 10.2 Å². The lowest BCUT2D eigenvalue weighted by Crippen LogP contribution is -2.40. The molecule has 0 saturated heterocycles. The van der Waals surface area contributed by atoms with Gasteiger partial charge in [-0.05, 0) is 67.6 Å². The van der Waals surface area contributed by atoms with Crippen molar-refractivity contribution in [2.45, 2.75) is 24.4 Å². The molecule has 234 valence electrons. The van der Waals surface area contributed by atoms with Gasteiger partial charge in [-0.1, -0.05) is 6.07 Å². The second-order valence-electron chi connectivity index (χ2n) is 11.0. The number of nitrogens with one attached hydrogen (secondary N) is 2. The molecule has 4 N–H and O–H groups in total. The molecule has 2 atom stereocenters. The van der Waals surface area contributed by atoms with Gasteiger partial charge >= 0.3 is 6.18 Å². The van der Waals surface area contributed by atoms with Crippen LogP contribution in [0.5, 0.6) is 5.75 Å². The second kappa shape index (κ2) is 11.7. The fourth-order valence-corrected chi connectivity index (χ4v) is 5.28. The number of alkyl halides is 3. The monoisotopic (exact) mass is 630 g/mol. The molecule has 9 nitrogen and oxygen atoms in total. The SMILES string of the molecule is C[C@]1(C(N)=O)COc2c1cc([C@@H](CNC(=O)c1cc(Nc3ccncc3)c3ncccc3c1)C(F)(F)F)nc2-c1ccc(F)cc1. The third kappa shape index (κ3) is 5.78.